The van der Waals surface area contributed by atoms with E-state index in [-0.39, 0.29) is 16.8 Å². The van der Waals surface area contributed by atoms with Gasteiger partial charge in [-0.3, -0.25) is 9.59 Å². The molecule has 152 valence electrons. The van der Waals surface area contributed by atoms with Crippen LogP contribution >= 0.6 is 11.6 Å². The van der Waals surface area contributed by atoms with E-state index in [9.17, 15) is 18.4 Å². The molecule has 30 heavy (non-hydrogen) atoms. The Hall–Kier alpha value is -3.25. The molecule has 0 saturated heterocycles. The minimum absolute atomic E-state index is 0.0758. The van der Waals surface area contributed by atoms with Crippen molar-refractivity contribution in [3.8, 4) is 0 Å². The van der Waals surface area contributed by atoms with Gasteiger partial charge >= 0.3 is 0 Å². The highest BCUT2D eigenvalue weighted by atomic mass is 35.5. The van der Waals surface area contributed by atoms with Crippen LogP contribution in [0.5, 0.6) is 0 Å². The van der Waals surface area contributed by atoms with Crippen LogP contribution in [0.3, 0.4) is 0 Å². The molecular weight excluding hydrogens is 410 g/mol. The molecule has 1 heterocycles. The first-order chi connectivity index (χ1) is 14.4. The predicted octanol–water partition coefficient (Wildman–Crippen LogP) is 5.46. The molecule has 1 aliphatic heterocycles. The Morgan fingerprint density at radius 2 is 1.67 bits per heavy atom. The lowest BCUT2D eigenvalue weighted by atomic mass is 9.98. The largest absolute Gasteiger partial charge is 0.322 e. The summed E-state index contributed by atoms with van der Waals surface area (Å²) in [7, 11) is 0. The molecule has 4 nitrogen and oxygen atoms in total. The first kappa shape index (κ1) is 20.0. The molecule has 0 aromatic heterocycles. The third kappa shape index (κ3) is 4.04. The fraction of sp³-hybridized carbons (Fsp3) is 0.130. The van der Waals surface area contributed by atoms with Crippen LogP contribution in [0.4, 0.5) is 20.2 Å². The van der Waals surface area contributed by atoms with Crippen molar-refractivity contribution in [3.05, 3.63) is 94.0 Å². The molecule has 3 aromatic rings. The number of nitrogens with one attached hydrogen (secondary N) is 1. The molecule has 1 N–H and O–H groups in total. The van der Waals surface area contributed by atoms with Crippen LogP contribution in [0.1, 0.15) is 32.7 Å². The predicted molar refractivity (Wildman–Crippen MR) is 112 cm³/mol. The van der Waals surface area contributed by atoms with Crippen LogP contribution in [0.15, 0.2) is 60.7 Å². The zero-order valence-electron chi connectivity index (χ0n) is 15.8. The number of hydrogen-bond donors (Lipinski definition) is 1. The molecule has 0 unspecified atom stereocenters. The number of halogens is 3. The fourth-order valence-electron chi connectivity index (χ4n) is 3.47. The van der Waals surface area contributed by atoms with Crippen LogP contribution in [0, 0.1) is 11.6 Å². The van der Waals surface area contributed by atoms with E-state index in [2.05, 4.69) is 5.32 Å². The summed E-state index contributed by atoms with van der Waals surface area (Å²) < 4.78 is 26.5. The molecule has 0 fully saturated rings. The normalized spacial score (nSPS) is 13.0. The summed E-state index contributed by atoms with van der Waals surface area (Å²) in [5.74, 6) is -1.53. The second kappa shape index (κ2) is 8.24. The average Bonchev–Trinajstić information content (AvgIpc) is 2.75. The summed E-state index contributed by atoms with van der Waals surface area (Å²) in [6.07, 6.45) is 1.48. The Labute approximate surface area is 177 Å². The van der Waals surface area contributed by atoms with Gasteiger partial charge in [-0.25, -0.2) is 8.78 Å². The number of fused-ring (bicyclic) bond motifs is 1. The van der Waals surface area contributed by atoms with E-state index < -0.39 is 11.6 Å². The van der Waals surface area contributed by atoms with E-state index in [1.807, 2.05) is 0 Å². The highest BCUT2D eigenvalue weighted by Gasteiger charge is 2.24. The molecule has 0 saturated carbocycles. The number of nitrogens with zero attached hydrogens (tertiary/aromatic N) is 1. The van der Waals surface area contributed by atoms with E-state index in [0.717, 1.165) is 24.1 Å². The van der Waals surface area contributed by atoms with Crippen molar-refractivity contribution < 1.29 is 18.4 Å². The molecule has 0 atom stereocenters. The third-order valence-corrected chi connectivity index (χ3v) is 5.26. The fourth-order valence-corrected chi connectivity index (χ4v) is 3.66. The molecule has 3 aromatic carbocycles. The van der Waals surface area contributed by atoms with Gasteiger partial charge in [-0.1, -0.05) is 11.6 Å². The Morgan fingerprint density at radius 1 is 0.933 bits per heavy atom. The zero-order chi connectivity index (χ0) is 21.3. The second-order valence-corrected chi connectivity index (χ2v) is 7.40. The van der Waals surface area contributed by atoms with Crippen LogP contribution in [0.25, 0.3) is 0 Å². The maximum atomic E-state index is 13.3. The van der Waals surface area contributed by atoms with Crippen LogP contribution < -0.4 is 10.2 Å². The zero-order valence-corrected chi connectivity index (χ0v) is 16.5. The van der Waals surface area contributed by atoms with Gasteiger partial charge in [0.15, 0.2) is 0 Å². The van der Waals surface area contributed by atoms with E-state index >= 15 is 0 Å². The standard InChI is InChI=1S/C23H17ClF2N2O2/c24-19-13-18(8-9-20(19)26)27-22(29)16-5-10-21-15(12-16)2-1-11-28(21)23(30)14-3-6-17(25)7-4-14/h3-10,12-13H,1-2,11H2,(H,27,29). The molecule has 0 bridgehead atoms. The van der Waals surface area contributed by atoms with Gasteiger partial charge in [0.25, 0.3) is 11.8 Å². The SMILES string of the molecule is O=C(Nc1ccc(F)c(Cl)c1)c1ccc2c(c1)CCCN2C(=O)c1ccc(F)cc1. The second-order valence-electron chi connectivity index (χ2n) is 6.99. The number of anilines is 2. The number of carbonyl (C=O) groups is 2. The molecule has 1 aliphatic rings. The highest BCUT2D eigenvalue weighted by molar-refractivity contribution is 6.31. The first-order valence-electron chi connectivity index (χ1n) is 9.39. The van der Waals surface area contributed by atoms with Crippen molar-refractivity contribution in [1.82, 2.24) is 0 Å². The van der Waals surface area contributed by atoms with Crippen molar-refractivity contribution in [1.29, 1.82) is 0 Å². The molecule has 0 radical (unpaired) electrons. The lowest BCUT2D eigenvalue weighted by Crippen LogP contribution is -2.35. The van der Waals surface area contributed by atoms with E-state index in [1.165, 1.54) is 42.5 Å². The lowest BCUT2D eigenvalue weighted by Gasteiger charge is -2.30. The molecule has 0 spiro atoms. The van der Waals surface area contributed by atoms with Crippen molar-refractivity contribution in [2.75, 3.05) is 16.8 Å². The number of carbonyl (C=O) groups excluding carboxylic acids is 2. The van der Waals surface area contributed by atoms with Gasteiger partial charge in [0.2, 0.25) is 0 Å². The van der Waals surface area contributed by atoms with Crippen LogP contribution in [-0.4, -0.2) is 18.4 Å². The maximum absolute atomic E-state index is 13.3. The Morgan fingerprint density at radius 3 is 2.40 bits per heavy atom. The van der Waals surface area contributed by atoms with Crippen LogP contribution in [-0.2, 0) is 6.42 Å². The lowest BCUT2D eigenvalue weighted by molar-refractivity contribution is 0.0984. The molecule has 0 aliphatic carbocycles. The van der Waals surface area contributed by atoms with Crippen molar-refractivity contribution in [2.45, 2.75) is 12.8 Å². The third-order valence-electron chi connectivity index (χ3n) is 4.97. The summed E-state index contributed by atoms with van der Waals surface area (Å²) >= 11 is 5.76. The number of aryl methyl sites for hydroxylation is 1. The monoisotopic (exact) mass is 426 g/mol. The maximum Gasteiger partial charge on any atom is 0.258 e. The highest BCUT2D eigenvalue weighted by Crippen LogP contribution is 2.30. The minimum Gasteiger partial charge on any atom is -0.322 e. The minimum atomic E-state index is -0.561. The molecule has 2 amide bonds. The Balaban J connectivity index is 1.56. The van der Waals surface area contributed by atoms with E-state index in [4.69, 9.17) is 11.6 Å². The number of benzene rings is 3. The van der Waals surface area contributed by atoms with Gasteiger partial charge in [-0.15, -0.1) is 0 Å². The molecule has 7 heteroatoms. The summed E-state index contributed by atoms with van der Waals surface area (Å²) in [5, 5.41) is 2.62. The summed E-state index contributed by atoms with van der Waals surface area (Å²) in [4.78, 5) is 27.1. The number of rotatable bonds is 3. The summed E-state index contributed by atoms with van der Waals surface area (Å²) in [6, 6.07) is 14.5. The molecular formula is C23H17ClF2N2O2. The average molecular weight is 427 g/mol. The topological polar surface area (TPSA) is 49.4 Å². The van der Waals surface area contributed by atoms with Gasteiger partial charge in [0, 0.05) is 29.0 Å². The van der Waals surface area contributed by atoms with Gasteiger partial charge in [-0.2, -0.15) is 0 Å². The number of hydrogen-bond acceptors (Lipinski definition) is 2. The van der Waals surface area contributed by atoms with Crippen molar-refractivity contribution >= 4 is 34.8 Å². The van der Waals surface area contributed by atoms with Gasteiger partial charge in [-0.05, 0) is 79.1 Å². The van der Waals surface area contributed by atoms with Gasteiger partial charge < -0.3 is 10.2 Å². The van der Waals surface area contributed by atoms with E-state index in [1.54, 1.807) is 23.1 Å². The van der Waals surface area contributed by atoms with Crippen molar-refractivity contribution in [2.24, 2.45) is 0 Å². The quantitative estimate of drug-likeness (QED) is 0.604. The number of amides is 2. The molecule has 4 rings (SSSR count). The Bertz CT molecular complexity index is 1130. The smallest absolute Gasteiger partial charge is 0.258 e. The van der Waals surface area contributed by atoms with Gasteiger partial charge in [0.1, 0.15) is 11.6 Å². The summed E-state index contributed by atoms with van der Waals surface area (Å²) in [6.45, 7) is 0.544. The van der Waals surface area contributed by atoms with Crippen LogP contribution in [0.2, 0.25) is 5.02 Å². The Kier molecular flexibility index (Phi) is 5.50. The first-order valence-corrected chi connectivity index (χ1v) is 9.77. The van der Waals surface area contributed by atoms with Gasteiger partial charge in [0.05, 0.1) is 5.02 Å². The van der Waals surface area contributed by atoms with Crippen molar-refractivity contribution in [3.63, 3.8) is 0 Å². The van der Waals surface area contributed by atoms with E-state index in [0.29, 0.717) is 23.4 Å². The summed E-state index contributed by atoms with van der Waals surface area (Å²) in [5.41, 5.74) is 2.82.